The van der Waals surface area contributed by atoms with E-state index in [0.29, 0.717) is 11.4 Å². The fourth-order valence-corrected chi connectivity index (χ4v) is 1.94. The summed E-state index contributed by atoms with van der Waals surface area (Å²) in [5.74, 6) is 1.42. The van der Waals surface area contributed by atoms with Gasteiger partial charge in [-0.2, -0.15) is 10.4 Å². The number of nitrogens with zero attached hydrogens (tertiary/aromatic N) is 3. The number of nitriles is 1. The van der Waals surface area contributed by atoms with Gasteiger partial charge in [-0.15, -0.1) is 0 Å². The molecule has 3 rings (SSSR count). The summed E-state index contributed by atoms with van der Waals surface area (Å²) < 4.78 is 1.82. The van der Waals surface area contributed by atoms with E-state index in [4.69, 9.17) is 5.26 Å². The quantitative estimate of drug-likeness (QED) is 0.819. The van der Waals surface area contributed by atoms with Crippen molar-refractivity contribution in [1.82, 2.24) is 9.78 Å². The highest BCUT2D eigenvalue weighted by molar-refractivity contribution is 5.71. The smallest absolute Gasteiger partial charge is 0.172 e. The van der Waals surface area contributed by atoms with Crippen LogP contribution in [0.5, 0.6) is 0 Å². The molecule has 0 atom stereocenters. The molecule has 0 fully saturated rings. The molecular weight excluding hydrogens is 214 g/mol. The first kappa shape index (κ1) is 9.73. The van der Waals surface area contributed by atoms with Gasteiger partial charge in [0.25, 0.3) is 0 Å². The second kappa shape index (κ2) is 3.83. The average Bonchev–Trinajstić information content (AvgIpc) is 2.90. The second-order valence-corrected chi connectivity index (χ2v) is 3.82. The maximum Gasteiger partial charge on any atom is 0.172 e. The van der Waals surface area contributed by atoms with Gasteiger partial charge >= 0.3 is 0 Å². The highest BCUT2D eigenvalue weighted by Gasteiger charge is 2.21. The lowest BCUT2D eigenvalue weighted by Gasteiger charge is -2.02. The Morgan fingerprint density at radius 3 is 2.94 bits per heavy atom. The average molecular weight is 225 g/mol. The summed E-state index contributed by atoms with van der Waals surface area (Å²) >= 11 is 0. The van der Waals surface area contributed by atoms with Crippen LogP contribution < -0.4 is 10.6 Å². The van der Waals surface area contributed by atoms with E-state index in [9.17, 15) is 0 Å². The molecule has 1 aliphatic rings. The zero-order valence-corrected chi connectivity index (χ0v) is 9.14. The Morgan fingerprint density at radius 1 is 1.35 bits per heavy atom. The zero-order valence-electron chi connectivity index (χ0n) is 9.14. The number of hydrogen-bond donors (Lipinski definition) is 2. The van der Waals surface area contributed by atoms with E-state index >= 15 is 0 Å². The maximum absolute atomic E-state index is 9.17. The summed E-state index contributed by atoms with van der Waals surface area (Å²) in [6, 6.07) is 11.9. The van der Waals surface area contributed by atoms with Crippen LogP contribution in [0.1, 0.15) is 5.56 Å². The lowest BCUT2D eigenvalue weighted by Crippen LogP contribution is -2.00. The molecule has 0 unspecified atom stereocenters. The summed E-state index contributed by atoms with van der Waals surface area (Å²) in [5, 5.41) is 19.9. The molecule has 0 aliphatic carbocycles. The highest BCUT2D eigenvalue weighted by atomic mass is 15.4. The molecule has 5 heteroatoms. The molecule has 0 radical (unpaired) electrons. The van der Waals surface area contributed by atoms with Gasteiger partial charge in [0, 0.05) is 12.2 Å². The van der Waals surface area contributed by atoms with E-state index in [1.54, 1.807) is 0 Å². The molecule has 0 saturated heterocycles. The summed E-state index contributed by atoms with van der Waals surface area (Å²) in [7, 11) is 0. The molecule has 0 saturated carbocycles. The molecule has 2 heterocycles. The van der Waals surface area contributed by atoms with Crippen molar-refractivity contribution < 1.29 is 0 Å². The van der Waals surface area contributed by atoms with Gasteiger partial charge < -0.3 is 10.6 Å². The number of rotatable bonds is 2. The van der Waals surface area contributed by atoms with Crippen molar-refractivity contribution in [3.63, 3.8) is 0 Å². The summed E-state index contributed by atoms with van der Waals surface area (Å²) in [5.41, 5.74) is 1.51. The number of nitrogens with one attached hydrogen (secondary N) is 2. The van der Waals surface area contributed by atoms with Crippen LogP contribution in [0.15, 0.2) is 30.3 Å². The van der Waals surface area contributed by atoms with Gasteiger partial charge in [0.1, 0.15) is 17.5 Å². The number of anilines is 3. The van der Waals surface area contributed by atoms with Crippen LogP contribution in [0.4, 0.5) is 17.3 Å². The number of hydrogen-bond acceptors (Lipinski definition) is 4. The molecule has 84 valence electrons. The summed E-state index contributed by atoms with van der Waals surface area (Å²) in [4.78, 5) is 0. The van der Waals surface area contributed by atoms with Crippen molar-refractivity contribution >= 4 is 17.3 Å². The molecule has 0 spiro atoms. The van der Waals surface area contributed by atoms with Crippen molar-refractivity contribution in [2.45, 2.75) is 6.54 Å². The molecule has 1 aromatic heterocycles. The van der Waals surface area contributed by atoms with Crippen LogP contribution in [0.3, 0.4) is 0 Å². The molecule has 0 amide bonds. The Balaban J connectivity index is 1.97. The van der Waals surface area contributed by atoms with E-state index in [0.717, 1.165) is 24.6 Å². The molecule has 1 aromatic carbocycles. The maximum atomic E-state index is 9.17. The monoisotopic (exact) mass is 225 g/mol. The molecule has 5 nitrogen and oxygen atoms in total. The van der Waals surface area contributed by atoms with Gasteiger partial charge in [-0.1, -0.05) is 18.2 Å². The Bertz CT molecular complexity index is 579. The third kappa shape index (κ3) is 1.60. The second-order valence-electron chi connectivity index (χ2n) is 3.82. The summed E-state index contributed by atoms with van der Waals surface area (Å²) in [6.45, 7) is 1.64. The van der Waals surface area contributed by atoms with Crippen molar-refractivity contribution in [2.75, 3.05) is 17.2 Å². The Hall–Kier alpha value is -2.48. The van der Waals surface area contributed by atoms with Crippen LogP contribution >= 0.6 is 0 Å². The first-order chi connectivity index (χ1) is 8.38. The van der Waals surface area contributed by atoms with Crippen LogP contribution in [0.25, 0.3) is 0 Å². The predicted octanol–water partition coefficient (Wildman–Crippen LogP) is 1.92. The van der Waals surface area contributed by atoms with Crippen molar-refractivity contribution in [3.05, 3.63) is 35.9 Å². The first-order valence-electron chi connectivity index (χ1n) is 5.45. The lowest BCUT2D eigenvalue weighted by atomic mass is 10.3. The molecule has 2 N–H and O–H groups in total. The van der Waals surface area contributed by atoms with Crippen molar-refractivity contribution in [1.29, 1.82) is 5.26 Å². The Labute approximate surface area is 98.7 Å². The van der Waals surface area contributed by atoms with Gasteiger partial charge in [-0.3, -0.25) is 0 Å². The number of fused-ring (bicyclic) bond motifs is 1. The first-order valence-corrected chi connectivity index (χ1v) is 5.45. The highest BCUT2D eigenvalue weighted by Crippen LogP contribution is 2.28. The fourth-order valence-electron chi connectivity index (χ4n) is 1.94. The minimum Gasteiger partial charge on any atom is -0.367 e. The number of aromatic nitrogens is 2. The Kier molecular flexibility index (Phi) is 2.19. The van der Waals surface area contributed by atoms with Gasteiger partial charge in [0.05, 0.1) is 6.54 Å². The van der Waals surface area contributed by atoms with Gasteiger partial charge in [-0.05, 0) is 12.1 Å². The van der Waals surface area contributed by atoms with E-state index in [1.807, 2.05) is 35.0 Å². The zero-order chi connectivity index (χ0) is 11.7. The van der Waals surface area contributed by atoms with Crippen LogP contribution in [0, 0.1) is 11.3 Å². The largest absolute Gasteiger partial charge is 0.367 e. The van der Waals surface area contributed by atoms with Gasteiger partial charge in [-0.25, -0.2) is 4.68 Å². The standard InChI is InChI=1S/C12H11N5/c13-8-10-11(15-9-4-2-1-3-5-9)16-17-7-6-14-12(10)17/h1-5,14H,6-7H2,(H,15,16). The molecule has 1 aliphatic heterocycles. The van der Waals surface area contributed by atoms with Crippen molar-refractivity contribution in [3.8, 4) is 6.07 Å². The minimum absolute atomic E-state index is 0.575. The van der Waals surface area contributed by atoms with E-state index < -0.39 is 0 Å². The van der Waals surface area contributed by atoms with E-state index in [1.165, 1.54) is 0 Å². The molecule has 0 bridgehead atoms. The fraction of sp³-hybridized carbons (Fsp3) is 0.167. The third-order valence-corrected chi connectivity index (χ3v) is 2.72. The SMILES string of the molecule is N#Cc1c(Nc2ccccc2)nn2c1NCC2. The van der Waals surface area contributed by atoms with Crippen molar-refractivity contribution in [2.24, 2.45) is 0 Å². The molecule has 17 heavy (non-hydrogen) atoms. The Morgan fingerprint density at radius 2 is 2.18 bits per heavy atom. The van der Waals surface area contributed by atoms with E-state index in [-0.39, 0.29) is 0 Å². The minimum atomic E-state index is 0.575. The predicted molar refractivity (Wildman–Crippen MR) is 65.2 cm³/mol. The molecular formula is C12H11N5. The third-order valence-electron chi connectivity index (χ3n) is 2.72. The van der Waals surface area contributed by atoms with E-state index in [2.05, 4.69) is 21.8 Å². The van der Waals surface area contributed by atoms with Crippen LogP contribution in [0.2, 0.25) is 0 Å². The van der Waals surface area contributed by atoms with Gasteiger partial charge in [0.2, 0.25) is 0 Å². The van der Waals surface area contributed by atoms with Gasteiger partial charge in [0.15, 0.2) is 5.82 Å². The normalized spacial score (nSPS) is 12.6. The number of benzene rings is 1. The molecule has 2 aromatic rings. The van der Waals surface area contributed by atoms with Crippen LogP contribution in [-0.2, 0) is 6.54 Å². The lowest BCUT2D eigenvalue weighted by molar-refractivity contribution is 0.699. The number of para-hydroxylation sites is 1. The summed E-state index contributed by atoms with van der Waals surface area (Å²) in [6.07, 6.45) is 0. The van der Waals surface area contributed by atoms with Crippen LogP contribution in [-0.4, -0.2) is 16.3 Å². The topological polar surface area (TPSA) is 65.7 Å².